The molecule has 2 aromatic carbocycles. The van der Waals surface area contributed by atoms with Gasteiger partial charge in [0.2, 0.25) is 5.75 Å². The quantitative estimate of drug-likeness (QED) is 0.603. The highest BCUT2D eigenvalue weighted by Gasteiger charge is 2.12. The maximum atomic E-state index is 10.8. The van der Waals surface area contributed by atoms with Gasteiger partial charge in [-0.25, -0.2) is 0 Å². The Balaban J connectivity index is 2.20. The van der Waals surface area contributed by atoms with Crippen LogP contribution in [0, 0.1) is 10.1 Å². The number of ether oxygens (including phenoxy) is 3. The van der Waals surface area contributed by atoms with E-state index < -0.39 is 4.92 Å². The van der Waals surface area contributed by atoms with Gasteiger partial charge in [-0.1, -0.05) is 18.2 Å². The lowest BCUT2D eigenvalue weighted by molar-refractivity contribution is -0.384. The fraction of sp³-hybridized carbons (Fsp3) is 0.200. The van der Waals surface area contributed by atoms with Crippen LogP contribution in [0.15, 0.2) is 42.5 Å². The molecule has 2 rings (SSSR count). The summed E-state index contributed by atoms with van der Waals surface area (Å²) >= 11 is 0. The molecule has 0 aliphatic heterocycles. The first-order chi connectivity index (χ1) is 10.2. The van der Waals surface area contributed by atoms with Gasteiger partial charge in [0.25, 0.3) is 5.69 Å². The molecule has 110 valence electrons. The first kappa shape index (κ1) is 14.6. The highest BCUT2D eigenvalue weighted by molar-refractivity contribution is 5.51. The molecule has 0 atom stereocenters. The zero-order valence-corrected chi connectivity index (χ0v) is 11.7. The molecule has 0 saturated heterocycles. The average Bonchev–Trinajstić information content (AvgIpc) is 2.52. The van der Waals surface area contributed by atoms with Gasteiger partial charge in [0.05, 0.1) is 19.1 Å². The lowest BCUT2D eigenvalue weighted by Crippen LogP contribution is -2.00. The molecule has 0 aliphatic rings. The number of para-hydroxylation sites is 1. The number of methoxy groups -OCH3 is 2. The molecule has 21 heavy (non-hydrogen) atoms. The molecule has 0 fully saturated rings. The third-order valence-corrected chi connectivity index (χ3v) is 2.89. The topological polar surface area (TPSA) is 70.8 Å². The van der Waals surface area contributed by atoms with Crippen molar-refractivity contribution in [3.8, 4) is 17.2 Å². The van der Waals surface area contributed by atoms with E-state index in [1.54, 1.807) is 30.3 Å². The Hall–Kier alpha value is -2.76. The number of hydrogen-bond donors (Lipinski definition) is 0. The summed E-state index contributed by atoms with van der Waals surface area (Å²) in [5.41, 5.74) is 0.722. The number of nitro groups is 1. The number of hydrogen-bond acceptors (Lipinski definition) is 5. The summed E-state index contributed by atoms with van der Waals surface area (Å²) in [5, 5.41) is 10.8. The fourth-order valence-corrected chi connectivity index (χ4v) is 1.87. The molecule has 0 heterocycles. The Morgan fingerprint density at radius 3 is 2.24 bits per heavy atom. The van der Waals surface area contributed by atoms with E-state index in [1.807, 2.05) is 0 Å². The standard InChI is InChI=1S/C15H15NO5/c1-19-13-7-4-8-14(20-2)15(13)21-10-11-5-3-6-12(9-11)16(17)18/h3-9H,10H2,1-2H3. The van der Waals surface area contributed by atoms with Crippen LogP contribution in [0.1, 0.15) is 5.56 Å². The number of benzene rings is 2. The molecule has 6 heteroatoms. The number of nitrogens with zero attached hydrogens (tertiary/aromatic N) is 1. The van der Waals surface area contributed by atoms with Crippen molar-refractivity contribution < 1.29 is 19.1 Å². The van der Waals surface area contributed by atoms with Crippen molar-refractivity contribution in [2.75, 3.05) is 14.2 Å². The SMILES string of the molecule is COc1cccc(OC)c1OCc1cccc([N+](=O)[O-])c1. The largest absolute Gasteiger partial charge is 0.493 e. The smallest absolute Gasteiger partial charge is 0.269 e. The van der Waals surface area contributed by atoms with Crippen LogP contribution in [0.3, 0.4) is 0 Å². The summed E-state index contributed by atoms with van der Waals surface area (Å²) < 4.78 is 16.1. The van der Waals surface area contributed by atoms with Crippen molar-refractivity contribution >= 4 is 5.69 Å². The Morgan fingerprint density at radius 1 is 1.05 bits per heavy atom. The predicted octanol–water partition coefficient (Wildman–Crippen LogP) is 3.19. The van der Waals surface area contributed by atoms with Crippen molar-refractivity contribution in [3.05, 3.63) is 58.1 Å². The van der Waals surface area contributed by atoms with E-state index in [4.69, 9.17) is 14.2 Å². The molecule has 0 radical (unpaired) electrons. The van der Waals surface area contributed by atoms with Gasteiger partial charge in [-0.2, -0.15) is 0 Å². The molecule has 6 nitrogen and oxygen atoms in total. The minimum atomic E-state index is -0.437. The van der Waals surface area contributed by atoms with Gasteiger partial charge < -0.3 is 14.2 Å². The van der Waals surface area contributed by atoms with Crippen LogP contribution in [0.5, 0.6) is 17.2 Å². The van der Waals surface area contributed by atoms with E-state index >= 15 is 0 Å². The van der Waals surface area contributed by atoms with Crippen LogP contribution in [0.25, 0.3) is 0 Å². The summed E-state index contributed by atoms with van der Waals surface area (Å²) in [6, 6.07) is 11.6. The van der Waals surface area contributed by atoms with E-state index in [0.717, 1.165) is 0 Å². The highest BCUT2D eigenvalue weighted by atomic mass is 16.6. The van der Waals surface area contributed by atoms with Crippen molar-refractivity contribution in [1.29, 1.82) is 0 Å². The first-order valence-corrected chi connectivity index (χ1v) is 6.23. The summed E-state index contributed by atoms with van der Waals surface area (Å²) in [6.07, 6.45) is 0. The molecular formula is C15H15NO5. The Labute approximate surface area is 122 Å². The van der Waals surface area contributed by atoms with Crippen molar-refractivity contribution in [2.45, 2.75) is 6.61 Å². The van der Waals surface area contributed by atoms with Gasteiger partial charge in [0.1, 0.15) is 6.61 Å². The molecule has 0 spiro atoms. The third-order valence-electron chi connectivity index (χ3n) is 2.89. The minimum Gasteiger partial charge on any atom is -0.493 e. The molecule has 0 unspecified atom stereocenters. The van der Waals surface area contributed by atoms with E-state index in [9.17, 15) is 10.1 Å². The second-order valence-electron chi connectivity index (χ2n) is 4.21. The second-order valence-corrected chi connectivity index (χ2v) is 4.21. The molecule has 0 bridgehead atoms. The lowest BCUT2D eigenvalue weighted by Gasteiger charge is -2.14. The third kappa shape index (κ3) is 3.42. The summed E-state index contributed by atoms with van der Waals surface area (Å²) in [4.78, 5) is 10.3. The molecular weight excluding hydrogens is 274 g/mol. The van der Waals surface area contributed by atoms with Gasteiger partial charge in [-0.3, -0.25) is 10.1 Å². The number of nitro benzene ring substituents is 1. The molecule has 0 amide bonds. The molecule has 0 saturated carbocycles. The zero-order valence-electron chi connectivity index (χ0n) is 11.7. The summed E-state index contributed by atoms with van der Waals surface area (Å²) in [6.45, 7) is 0.179. The maximum absolute atomic E-state index is 10.8. The zero-order chi connectivity index (χ0) is 15.2. The van der Waals surface area contributed by atoms with Crippen LogP contribution < -0.4 is 14.2 Å². The normalized spacial score (nSPS) is 10.0. The minimum absolute atomic E-state index is 0.0306. The average molecular weight is 289 g/mol. The van der Waals surface area contributed by atoms with Crippen LogP contribution in [-0.2, 0) is 6.61 Å². The number of rotatable bonds is 6. The van der Waals surface area contributed by atoms with Gasteiger partial charge in [0, 0.05) is 12.1 Å². The molecule has 0 aliphatic carbocycles. The maximum Gasteiger partial charge on any atom is 0.269 e. The first-order valence-electron chi connectivity index (χ1n) is 6.23. The molecule has 0 aromatic heterocycles. The summed E-state index contributed by atoms with van der Waals surface area (Å²) in [5.74, 6) is 1.55. The van der Waals surface area contributed by atoms with Crippen molar-refractivity contribution in [1.82, 2.24) is 0 Å². The van der Waals surface area contributed by atoms with E-state index in [-0.39, 0.29) is 12.3 Å². The van der Waals surface area contributed by atoms with Crippen molar-refractivity contribution in [3.63, 3.8) is 0 Å². The van der Waals surface area contributed by atoms with Gasteiger partial charge in [0.15, 0.2) is 11.5 Å². The van der Waals surface area contributed by atoms with E-state index in [2.05, 4.69) is 0 Å². The molecule has 0 N–H and O–H groups in total. The van der Waals surface area contributed by atoms with Crippen LogP contribution in [0.4, 0.5) is 5.69 Å². The predicted molar refractivity (Wildman–Crippen MR) is 77.0 cm³/mol. The van der Waals surface area contributed by atoms with Gasteiger partial charge in [-0.05, 0) is 17.7 Å². The van der Waals surface area contributed by atoms with Crippen LogP contribution in [0.2, 0.25) is 0 Å². The lowest BCUT2D eigenvalue weighted by atomic mass is 10.2. The van der Waals surface area contributed by atoms with Crippen LogP contribution in [-0.4, -0.2) is 19.1 Å². The Kier molecular flexibility index (Phi) is 4.61. The van der Waals surface area contributed by atoms with Crippen molar-refractivity contribution in [2.24, 2.45) is 0 Å². The van der Waals surface area contributed by atoms with Gasteiger partial charge >= 0.3 is 0 Å². The number of non-ortho nitro benzene ring substituents is 1. The monoisotopic (exact) mass is 289 g/mol. The molecule has 2 aromatic rings. The Morgan fingerprint density at radius 2 is 1.67 bits per heavy atom. The van der Waals surface area contributed by atoms with Crippen LogP contribution >= 0.6 is 0 Å². The second kappa shape index (κ2) is 6.60. The van der Waals surface area contributed by atoms with E-state index in [1.165, 1.54) is 26.4 Å². The summed E-state index contributed by atoms with van der Waals surface area (Å²) in [7, 11) is 3.07. The fourth-order valence-electron chi connectivity index (χ4n) is 1.87. The Bertz CT molecular complexity index is 619. The van der Waals surface area contributed by atoms with E-state index in [0.29, 0.717) is 22.8 Å². The van der Waals surface area contributed by atoms with Gasteiger partial charge in [-0.15, -0.1) is 0 Å². The highest BCUT2D eigenvalue weighted by Crippen LogP contribution is 2.37.